The van der Waals surface area contributed by atoms with Crippen LogP contribution in [0.2, 0.25) is 0 Å². The lowest BCUT2D eigenvalue weighted by Gasteiger charge is -2.48. The van der Waals surface area contributed by atoms with E-state index in [1.807, 2.05) is 0 Å². The topological polar surface area (TPSA) is 0 Å². The van der Waals surface area contributed by atoms with Gasteiger partial charge >= 0.3 is 0 Å². The normalized spacial score (nSPS) is 62.2. The molecule has 2 aliphatic rings. The Hall–Kier alpha value is 0.350. The fraction of sp³-hybridized carbons (Fsp3) is 1.00. The summed E-state index contributed by atoms with van der Waals surface area (Å²) in [4.78, 5) is 0. The molecule has 64 valence electrons. The van der Waals surface area contributed by atoms with Crippen molar-refractivity contribution in [2.24, 2.45) is 23.7 Å². The summed E-state index contributed by atoms with van der Waals surface area (Å²) in [5.41, 5.74) is 0. The summed E-state index contributed by atoms with van der Waals surface area (Å²) in [5.74, 6) is 4.08. The Balaban J connectivity index is 2.14. The standard InChI is InChI=1S/C10H18S/c1-5-6(2)10-8(4)11-7(3)9(5)10/h5-10H,1-4H3. The highest BCUT2D eigenvalue weighted by molar-refractivity contribution is 8.00. The summed E-state index contributed by atoms with van der Waals surface area (Å²) in [7, 11) is 0. The zero-order chi connectivity index (χ0) is 8.17. The molecule has 1 heteroatoms. The summed E-state index contributed by atoms with van der Waals surface area (Å²) >= 11 is 2.21. The van der Waals surface area contributed by atoms with E-state index in [2.05, 4.69) is 39.5 Å². The Morgan fingerprint density at radius 1 is 0.727 bits per heavy atom. The van der Waals surface area contributed by atoms with E-state index < -0.39 is 0 Å². The number of fused-ring (bicyclic) bond motifs is 1. The molecule has 0 radical (unpaired) electrons. The lowest BCUT2D eigenvalue weighted by atomic mass is 9.56. The van der Waals surface area contributed by atoms with Crippen LogP contribution in [0.25, 0.3) is 0 Å². The number of hydrogen-bond donors (Lipinski definition) is 0. The summed E-state index contributed by atoms with van der Waals surface area (Å²) in [6.45, 7) is 9.68. The summed E-state index contributed by atoms with van der Waals surface area (Å²) in [6.07, 6.45) is 0. The molecule has 0 aromatic rings. The molecule has 11 heavy (non-hydrogen) atoms. The third-order valence-electron chi connectivity index (χ3n) is 4.00. The van der Waals surface area contributed by atoms with Gasteiger partial charge in [-0.3, -0.25) is 0 Å². The highest BCUT2D eigenvalue weighted by Gasteiger charge is 2.54. The Morgan fingerprint density at radius 2 is 1.09 bits per heavy atom. The molecule has 0 bridgehead atoms. The Kier molecular flexibility index (Phi) is 1.75. The molecular weight excluding hydrogens is 152 g/mol. The molecule has 2 rings (SSSR count). The zero-order valence-corrected chi connectivity index (χ0v) is 8.69. The molecule has 1 aliphatic heterocycles. The molecule has 0 aromatic carbocycles. The second-order valence-corrected chi connectivity index (χ2v) is 6.18. The minimum atomic E-state index is 0.932. The van der Waals surface area contributed by atoms with E-state index in [4.69, 9.17) is 0 Å². The van der Waals surface area contributed by atoms with Gasteiger partial charge in [0.05, 0.1) is 0 Å². The molecule has 1 aliphatic carbocycles. The molecule has 0 N–H and O–H groups in total. The average Bonchev–Trinajstić information content (AvgIpc) is 2.21. The van der Waals surface area contributed by atoms with Gasteiger partial charge in [0, 0.05) is 10.5 Å². The predicted octanol–water partition coefficient (Wildman–Crippen LogP) is 3.03. The van der Waals surface area contributed by atoms with E-state index >= 15 is 0 Å². The maximum Gasteiger partial charge on any atom is 0.00555 e. The second-order valence-electron chi connectivity index (χ2n) is 4.42. The summed E-state index contributed by atoms with van der Waals surface area (Å²) in [6, 6.07) is 0. The predicted molar refractivity (Wildman–Crippen MR) is 51.8 cm³/mol. The largest absolute Gasteiger partial charge is 0.155 e. The van der Waals surface area contributed by atoms with Gasteiger partial charge in [-0.2, -0.15) is 11.8 Å². The van der Waals surface area contributed by atoms with Crippen LogP contribution in [0, 0.1) is 23.7 Å². The Bertz CT molecular complexity index is 140. The number of rotatable bonds is 0. The van der Waals surface area contributed by atoms with E-state index in [0.29, 0.717) is 0 Å². The third kappa shape index (κ3) is 0.898. The van der Waals surface area contributed by atoms with Crippen molar-refractivity contribution in [3.8, 4) is 0 Å². The summed E-state index contributed by atoms with van der Waals surface area (Å²) < 4.78 is 0. The van der Waals surface area contributed by atoms with Gasteiger partial charge in [-0.25, -0.2) is 0 Å². The second kappa shape index (κ2) is 2.42. The lowest BCUT2D eigenvalue weighted by Crippen LogP contribution is -2.46. The van der Waals surface area contributed by atoms with E-state index in [0.717, 1.165) is 34.2 Å². The van der Waals surface area contributed by atoms with Crippen molar-refractivity contribution >= 4 is 11.8 Å². The van der Waals surface area contributed by atoms with Gasteiger partial charge in [0.25, 0.3) is 0 Å². The van der Waals surface area contributed by atoms with Gasteiger partial charge in [0.2, 0.25) is 0 Å². The SMILES string of the molecule is CC1SC(C)C2C(C)C(C)C12. The van der Waals surface area contributed by atoms with Crippen LogP contribution >= 0.6 is 11.8 Å². The maximum atomic E-state index is 2.43. The quantitative estimate of drug-likeness (QED) is 0.538. The van der Waals surface area contributed by atoms with Gasteiger partial charge in [-0.1, -0.05) is 27.7 Å². The molecule has 0 amide bonds. The van der Waals surface area contributed by atoms with E-state index in [1.165, 1.54) is 0 Å². The van der Waals surface area contributed by atoms with Gasteiger partial charge in [-0.05, 0) is 23.7 Å². The third-order valence-corrected chi connectivity index (χ3v) is 5.49. The van der Waals surface area contributed by atoms with E-state index in [9.17, 15) is 0 Å². The van der Waals surface area contributed by atoms with Gasteiger partial charge < -0.3 is 0 Å². The Labute approximate surface area is 74.1 Å². The van der Waals surface area contributed by atoms with Crippen molar-refractivity contribution < 1.29 is 0 Å². The molecule has 6 unspecified atom stereocenters. The van der Waals surface area contributed by atoms with Gasteiger partial charge in [0.15, 0.2) is 0 Å². The molecule has 6 atom stereocenters. The van der Waals surface area contributed by atoms with Crippen molar-refractivity contribution in [1.29, 1.82) is 0 Å². The van der Waals surface area contributed by atoms with E-state index in [-0.39, 0.29) is 0 Å². The fourth-order valence-electron chi connectivity index (χ4n) is 3.26. The Morgan fingerprint density at radius 3 is 1.45 bits per heavy atom. The molecular formula is C10H18S. The maximum absolute atomic E-state index is 2.43. The highest BCUT2D eigenvalue weighted by Crippen LogP contribution is 2.59. The van der Waals surface area contributed by atoms with Gasteiger partial charge in [-0.15, -0.1) is 0 Å². The van der Waals surface area contributed by atoms with Crippen LogP contribution in [0.4, 0.5) is 0 Å². The average molecular weight is 170 g/mol. The molecule has 1 saturated heterocycles. The van der Waals surface area contributed by atoms with Crippen LogP contribution in [0.15, 0.2) is 0 Å². The first-order valence-corrected chi connectivity index (χ1v) is 5.72. The molecule has 1 saturated carbocycles. The van der Waals surface area contributed by atoms with Crippen molar-refractivity contribution in [3.63, 3.8) is 0 Å². The van der Waals surface area contributed by atoms with Crippen LogP contribution in [-0.2, 0) is 0 Å². The molecule has 1 heterocycles. The van der Waals surface area contributed by atoms with Crippen molar-refractivity contribution in [3.05, 3.63) is 0 Å². The highest BCUT2D eigenvalue weighted by atomic mass is 32.2. The van der Waals surface area contributed by atoms with Crippen LogP contribution in [0.3, 0.4) is 0 Å². The zero-order valence-electron chi connectivity index (χ0n) is 7.87. The van der Waals surface area contributed by atoms with Crippen molar-refractivity contribution in [1.82, 2.24) is 0 Å². The van der Waals surface area contributed by atoms with Crippen molar-refractivity contribution in [2.45, 2.75) is 38.2 Å². The van der Waals surface area contributed by atoms with Crippen LogP contribution in [0.5, 0.6) is 0 Å². The molecule has 0 aromatic heterocycles. The summed E-state index contributed by atoms with van der Waals surface area (Å²) in [5, 5.41) is 1.86. The minimum absolute atomic E-state index is 0.932. The van der Waals surface area contributed by atoms with Crippen LogP contribution < -0.4 is 0 Å². The van der Waals surface area contributed by atoms with E-state index in [1.54, 1.807) is 0 Å². The molecule has 0 spiro atoms. The fourth-order valence-corrected chi connectivity index (χ4v) is 5.16. The number of hydrogen-bond acceptors (Lipinski definition) is 1. The molecule has 2 fully saturated rings. The first-order chi connectivity index (χ1) is 5.13. The lowest BCUT2D eigenvalue weighted by molar-refractivity contribution is 0.0172. The minimum Gasteiger partial charge on any atom is -0.155 e. The van der Waals surface area contributed by atoms with Crippen LogP contribution in [-0.4, -0.2) is 10.5 Å². The van der Waals surface area contributed by atoms with Crippen LogP contribution in [0.1, 0.15) is 27.7 Å². The molecule has 0 nitrogen and oxygen atoms in total. The first-order valence-electron chi connectivity index (χ1n) is 4.78. The smallest absolute Gasteiger partial charge is 0.00555 e. The first kappa shape index (κ1) is 7.97. The monoisotopic (exact) mass is 170 g/mol. The van der Waals surface area contributed by atoms with Crippen molar-refractivity contribution in [2.75, 3.05) is 0 Å². The number of thioether (sulfide) groups is 1. The van der Waals surface area contributed by atoms with Gasteiger partial charge in [0.1, 0.15) is 0 Å².